The summed E-state index contributed by atoms with van der Waals surface area (Å²) in [5.41, 5.74) is 9.54. The molecule has 3 heteroatoms. The summed E-state index contributed by atoms with van der Waals surface area (Å²) in [7, 11) is 0. The molecule has 0 aliphatic heterocycles. The summed E-state index contributed by atoms with van der Waals surface area (Å²) in [4.78, 5) is 6.07. The number of thiazole rings is 1. The summed E-state index contributed by atoms with van der Waals surface area (Å²) in [6.45, 7) is 12.8. The first kappa shape index (κ1) is 15.2. The van der Waals surface area contributed by atoms with E-state index >= 15 is 0 Å². The number of nitrogens with two attached hydrogens (primary N) is 1. The van der Waals surface area contributed by atoms with E-state index in [0.29, 0.717) is 0 Å². The number of rotatable bonds is 2. The Morgan fingerprint density at radius 2 is 1.55 bits per heavy atom. The van der Waals surface area contributed by atoms with Gasteiger partial charge in [0.25, 0.3) is 0 Å². The largest absolute Gasteiger partial charge is 0.321 e. The number of benzene rings is 1. The van der Waals surface area contributed by atoms with Gasteiger partial charge in [-0.05, 0) is 20.8 Å². The van der Waals surface area contributed by atoms with Crippen LogP contribution in [0.15, 0.2) is 24.3 Å². The highest BCUT2D eigenvalue weighted by Crippen LogP contribution is 2.39. The Balaban J connectivity index is 2.57. The van der Waals surface area contributed by atoms with Crippen LogP contribution in [-0.4, -0.2) is 4.98 Å². The number of nitrogens with zero attached hydrogens (tertiary/aromatic N) is 1. The van der Waals surface area contributed by atoms with Crippen LogP contribution in [0.2, 0.25) is 0 Å². The topological polar surface area (TPSA) is 38.9 Å². The molecule has 0 radical (unpaired) electrons. The third kappa shape index (κ3) is 3.10. The highest BCUT2D eigenvalue weighted by atomic mass is 32.1. The molecule has 1 heterocycles. The van der Waals surface area contributed by atoms with Crippen molar-refractivity contribution < 1.29 is 0 Å². The van der Waals surface area contributed by atoms with Gasteiger partial charge in [-0.25, -0.2) is 4.98 Å². The van der Waals surface area contributed by atoms with E-state index in [4.69, 9.17) is 10.7 Å². The summed E-state index contributed by atoms with van der Waals surface area (Å²) < 4.78 is 0. The number of hydrogen-bond acceptors (Lipinski definition) is 3. The molecule has 0 aliphatic rings. The summed E-state index contributed by atoms with van der Waals surface area (Å²) in [5.74, 6) is 0. The minimum absolute atomic E-state index is 0.00538. The van der Waals surface area contributed by atoms with E-state index < -0.39 is 0 Å². The Morgan fingerprint density at radius 1 is 1.00 bits per heavy atom. The second-order valence-electron chi connectivity index (χ2n) is 7.03. The van der Waals surface area contributed by atoms with Gasteiger partial charge in [0.05, 0.1) is 5.69 Å². The van der Waals surface area contributed by atoms with E-state index in [-0.39, 0.29) is 11.0 Å². The van der Waals surface area contributed by atoms with Gasteiger partial charge in [0.15, 0.2) is 0 Å². The molecule has 2 N–H and O–H groups in total. The second kappa shape index (κ2) is 4.97. The van der Waals surface area contributed by atoms with Crippen LogP contribution in [-0.2, 0) is 11.0 Å². The number of aromatic nitrogens is 1. The van der Waals surface area contributed by atoms with Gasteiger partial charge in [-0.1, -0.05) is 50.6 Å². The van der Waals surface area contributed by atoms with Crippen LogP contribution in [0, 0.1) is 6.92 Å². The van der Waals surface area contributed by atoms with Gasteiger partial charge >= 0.3 is 0 Å². The maximum Gasteiger partial charge on any atom is 0.123 e. The standard InChI is InChI=1S/C17H24N2S/c1-11-7-9-12(10-8-11)15-19-13(16(2,3)4)14(20-15)17(5,6)18/h7-10H,18H2,1-6H3. The summed E-state index contributed by atoms with van der Waals surface area (Å²) >= 11 is 1.72. The van der Waals surface area contributed by atoms with Crippen LogP contribution in [0.4, 0.5) is 0 Å². The molecule has 0 bridgehead atoms. The van der Waals surface area contributed by atoms with Crippen molar-refractivity contribution in [1.82, 2.24) is 4.98 Å². The lowest BCUT2D eigenvalue weighted by molar-refractivity contribution is 0.512. The lowest BCUT2D eigenvalue weighted by Crippen LogP contribution is -2.31. The van der Waals surface area contributed by atoms with Gasteiger partial charge in [-0.2, -0.15) is 0 Å². The second-order valence-corrected chi connectivity index (χ2v) is 8.03. The van der Waals surface area contributed by atoms with Gasteiger partial charge < -0.3 is 5.73 Å². The molecule has 108 valence electrons. The van der Waals surface area contributed by atoms with Crippen molar-refractivity contribution in [3.63, 3.8) is 0 Å². The molecule has 0 saturated heterocycles. The van der Waals surface area contributed by atoms with Crippen LogP contribution in [0.1, 0.15) is 50.8 Å². The molecule has 0 saturated carbocycles. The lowest BCUT2D eigenvalue weighted by Gasteiger charge is -2.24. The zero-order valence-corrected chi connectivity index (χ0v) is 14.1. The number of hydrogen-bond donors (Lipinski definition) is 1. The fraction of sp³-hybridized carbons (Fsp3) is 0.471. The number of aryl methyl sites for hydroxylation is 1. The van der Waals surface area contributed by atoms with Gasteiger partial charge in [0, 0.05) is 21.4 Å². The molecule has 0 unspecified atom stereocenters. The fourth-order valence-corrected chi connectivity index (χ4v) is 3.38. The first-order valence-corrected chi connectivity index (χ1v) is 7.78. The Bertz CT molecular complexity index is 564. The first-order valence-electron chi connectivity index (χ1n) is 6.97. The van der Waals surface area contributed by atoms with Crippen LogP contribution in [0.3, 0.4) is 0 Å². The predicted molar refractivity (Wildman–Crippen MR) is 88.2 cm³/mol. The SMILES string of the molecule is Cc1ccc(-c2nc(C(C)(C)C)c(C(C)(C)N)s2)cc1. The molecule has 0 atom stereocenters. The van der Waals surface area contributed by atoms with Crippen molar-refractivity contribution in [3.05, 3.63) is 40.4 Å². The third-order valence-corrected chi connectivity index (χ3v) is 4.67. The molecule has 0 amide bonds. The Labute approximate surface area is 126 Å². The molecule has 2 aromatic rings. The van der Waals surface area contributed by atoms with Crippen molar-refractivity contribution in [2.45, 2.75) is 52.5 Å². The van der Waals surface area contributed by atoms with Crippen molar-refractivity contribution >= 4 is 11.3 Å². The molecule has 0 aliphatic carbocycles. The van der Waals surface area contributed by atoms with E-state index in [9.17, 15) is 0 Å². The fourth-order valence-electron chi connectivity index (χ4n) is 2.08. The van der Waals surface area contributed by atoms with Crippen LogP contribution < -0.4 is 5.73 Å². The average molecular weight is 288 g/mol. The van der Waals surface area contributed by atoms with Crippen LogP contribution in [0.5, 0.6) is 0 Å². The molecule has 0 fully saturated rings. The third-order valence-electron chi connectivity index (χ3n) is 3.22. The molecule has 0 spiro atoms. The molecular formula is C17H24N2S. The van der Waals surface area contributed by atoms with Crippen molar-refractivity contribution in [2.75, 3.05) is 0 Å². The lowest BCUT2D eigenvalue weighted by atomic mass is 9.87. The van der Waals surface area contributed by atoms with Gasteiger partial charge in [-0.3, -0.25) is 0 Å². The van der Waals surface area contributed by atoms with E-state index in [1.807, 2.05) is 0 Å². The quantitative estimate of drug-likeness (QED) is 0.876. The normalized spacial score (nSPS) is 12.8. The zero-order valence-electron chi connectivity index (χ0n) is 13.2. The van der Waals surface area contributed by atoms with Gasteiger partial charge in [-0.15, -0.1) is 11.3 Å². The highest BCUT2D eigenvalue weighted by molar-refractivity contribution is 7.15. The van der Waals surface area contributed by atoms with Crippen molar-refractivity contribution in [3.8, 4) is 10.6 Å². The minimum Gasteiger partial charge on any atom is -0.321 e. The summed E-state index contributed by atoms with van der Waals surface area (Å²) in [6.07, 6.45) is 0. The smallest absolute Gasteiger partial charge is 0.123 e. The van der Waals surface area contributed by atoms with Crippen molar-refractivity contribution in [1.29, 1.82) is 0 Å². The zero-order chi connectivity index (χ0) is 15.1. The van der Waals surface area contributed by atoms with Crippen molar-refractivity contribution in [2.24, 2.45) is 5.73 Å². The van der Waals surface area contributed by atoms with Crippen LogP contribution >= 0.6 is 11.3 Å². The monoisotopic (exact) mass is 288 g/mol. The molecule has 2 rings (SSSR count). The van der Waals surface area contributed by atoms with Gasteiger partial charge in [0.1, 0.15) is 5.01 Å². The predicted octanol–water partition coefficient (Wildman–Crippen LogP) is 4.61. The first-order chi connectivity index (χ1) is 9.09. The Hall–Kier alpha value is -1.19. The maximum absolute atomic E-state index is 6.34. The summed E-state index contributed by atoms with van der Waals surface area (Å²) in [5, 5.41) is 1.06. The Morgan fingerprint density at radius 3 is 1.95 bits per heavy atom. The van der Waals surface area contributed by atoms with Gasteiger partial charge in [0.2, 0.25) is 0 Å². The van der Waals surface area contributed by atoms with Crippen LogP contribution in [0.25, 0.3) is 10.6 Å². The van der Waals surface area contributed by atoms with E-state index in [2.05, 4.69) is 65.8 Å². The van der Waals surface area contributed by atoms with E-state index in [0.717, 1.165) is 10.7 Å². The molecule has 2 nitrogen and oxygen atoms in total. The Kier molecular flexibility index (Phi) is 3.78. The molecule has 1 aromatic carbocycles. The summed E-state index contributed by atoms with van der Waals surface area (Å²) in [6, 6.07) is 8.52. The molecule has 20 heavy (non-hydrogen) atoms. The molecule has 1 aromatic heterocycles. The highest BCUT2D eigenvalue weighted by Gasteiger charge is 2.30. The maximum atomic E-state index is 6.34. The molecular weight excluding hydrogens is 264 g/mol. The minimum atomic E-state index is -0.358. The average Bonchev–Trinajstić information content (AvgIpc) is 2.74. The van der Waals surface area contributed by atoms with E-state index in [1.165, 1.54) is 16.0 Å². The van der Waals surface area contributed by atoms with E-state index in [1.54, 1.807) is 11.3 Å².